The first-order valence-corrected chi connectivity index (χ1v) is 12.2. The number of amides is 2. The van der Waals surface area contributed by atoms with Crippen molar-refractivity contribution in [2.75, 3.05) is 17.7 Å². The minimum atomic E-state index is -3.60. The molecule has 1 aromatic heterocycles. The van der Waals surface area contributed by atoms with Gasteiger partial charge in [-0.15, -0.1) is 11.3 Å². The summed E-state index contributed by atoms with van der Waals surface area (Å²) < 4.78 is 24.7. The predicted octanol–water partition coefficient (Wildman–Crippen LogP) is 1.36. The van der Waals surface area contributed by atoms with Crippen molar-refractivity contribution in [1.82, 2.24) is 5.48 Å². The van der Waals surface area contributed by atoms with Crippen molar-refractivity contribution in [1.29, 1.82) is 0 Å². The fourth-order valence-electron chi connectivity index (χ4n) is 3.72. The molecule has 1 saturated heterocycles. The molecule has 1 aliphatic heterocycles. The lowest BCUT2D eigenvalue weighted by Gasteiger charge is -2.35. The van der Waals surface area contributed by atoms with Crippen LogP contribution in [0.2, 0.25) is 0 Å². The number of hydrogen-bond donors (Lipinski definition) is 5. The number of thiophene rings is 1. The Balaban J connectivity index is 1.95. The summed E-state index contributed by atoms with van der Waals surface area (Å²) in [5.41, 5.74) is 8.32. The van der Waals surface area contributed by atoms with Crippen molar-refractivity contribution in [3.05, 3.63) is 41.3 Å². The Morgan fingerprint density at radius 3 is 2.68 bits per heavy atom. The van der Waals surface area contributed by atoms with Gasteiger partial charge in [0.1, 0.15) is 10.8 Å². The number of nitrogens with two attached hydrogens (primary N) is 1. The number of anilines is 1. The zero-order chi connectivity index (χ0) is 22.6. The first-order valence-electron chi connectivity index (χ1n) is 9.76. The Morgan fingerprint density at radius 1 is 1.23 bits per heavy atom. The number of sulfone groups is 1. The van der Waals surface area contributed by atoms with Gasteiger partial charge in [-0.2, -0.15) is 0 Å². The summed E-state index contributed by atoms with van der Waals surface area (Å²) in [5.74, 6) is -1.27. The number of carbonyl (C=O) groups excluding carboxylic acids is 2. The first kappa shape index (κ1) is 23.4. The lowest BCUT2D eigenvalue weighted by molar-refractivity contribution is -0.130. The normalized spacial score (nSPS) is 21.3. The van der Waals surface area contributed by atoms with Crippen LogP contribution in [0, 0.1) is 0 Å². The third kappa shape index (κ3) is 4.80. The maximum Gasteiger partial charge on any atom is 0.245 e. The van der Waals surface area contributed by atoms with E-state index in [1.54, 1.807) is 35.8 Å². The zero-order valence-electron chi connectivity index (χ0n) is 16.7. The molecule has 0 saturated carbocycles. The summed E-state index contributed by atoms with van der Waals surface area (Å²) in [6.45, 7) is -0.474. The minimum absolute atomic E-state index is 0.00836. The largest absolute Gasteiger partial charge is 0.394 e. The molecule has 0 radical (unpaired) electrons. The third-order valence-corrected chi connectivity index (χ3v) is 9.47. The average molecular weight is 468 g/mol. The lowest BCUT2D eigenvalue weighted by atomic mass is 9.94. The van der Waals surface area contributed by atoms with Crippen LogP contribution in [0.5, 0.6) is 0 Å². The van der Waals surface area contributed by atoms with Gasteiger partial charge in [0.25, 0.3) is 0 Å². The van der Waals surface area contributed by atoms with E-state index in [9.17, 15) is 18.0 Å². The zero-order valence-corrected chi connectivity index (χ0v) is 18.3. The Morgan fingerprint density at radius 2 is 2.00 bits per heavy atom. The molecule has 31 heavy (non-hydrogen) atoms. The molecule has 0 spiro atoms. The number of nitrogens with one attached hydrogen (secondary N) is 2. The van der Waals surface area contributed by atoms with Crippen LogP contribution in [0.25, 0.3) is 10.4 Å². The van der Waals surface area contributed by atoms with Gasteiger partial charge < -0.3 is 16.2 Å². The molecule has 0 aliphatic carbocycles. The van der Waals surface area contributed by atoms with Crippen LogP contribution in [0.15, 0.2) is 36.4 Å². The highest BCUT2D eigenvalue weighted by atomic mass is 32.2. The summed E-state index contributed by atoms with van der Waals surface area (Å²) in [6, 6.07) is 9.41. The highest BCUT2D eigenvalue weighted by molar-refractivity contribution is 7.92. The minimum Gasteiger partial charge on any atom is -0.394 e. The smallest absolute Gasteiger partial charge is 0.245 e. The summed E-state index contributed by atoms with van der Waals surface area (Å²) >= 11 is 1.27. The number of carbonyl (C=O) groups is 2. The second kappa shape index (κ2) is 9.45. The molecule has 1 aliphatic rings. The molecule has 2 amide bonds. The van der Waals surface area contributed by atoms with E-state index >= 15 is 0 Å². The van der Waals surface area contributed by atoms with Gasteiger partial charge in [0, 0.05) is 15.4 Å². The quantitative estimate of drug-likeness (QED) is 0.304. The van der Waals surface area contributed by atoms with Gasteiger partial charge in [-0.25, -0.2) is 13.9 Å². The van der Waals surface area contributed by atoms with Crippen molar-refractivity contribution in [3.8, 4) is 10.4 Å². The van der Waals surface area contributed by atoms with Crippen LogP contribution in [0.3, 0.4) is 0 Å². The van der Waals surface area contributed by atoms with E-state index in [1.165, 1.54) is 11.3 Å². The van der Waals surface area contributed by atoms with Gasteiger partial charge in [0.2, 0.25) is 11.8 Å². The molecule has 11 heteroatoms. The summed E-state index contributed by atoms with van der Waals surface area (Å²) in [6.07, 6.45) is 1.16. The van der Waals surface area contributed by atoms with Gasteiger partial charge >= 0.3 is 0 Å². The fourth-order valence-corrected chi connectivity index (χ4v) is 7.50. The molecule has 168 valence electrons. The van der Waals surface area contributed by atoms with Crippen molar-refractivity contribution in [2.45, 2.75) is 36.5 Å². The molecule has 0 bridgehead atoms. The lowest BCUT2D eigenvalue weighted by Crippen LogP contribution is -2.43. The van der Waals surface area contributed by atoms with Gasteiger partial charge in [-0.05, 0) is 42.7 Å². The first-order chi connectivity index (χ1) is 14.7. The number of aliphatic hydroxyl groups excluding tert-OH is 1. The topological polar surface area (TPSA) is 159 Å². The molecule has 2 heterocycles. The highest BCUT2D eigenvalue weighted by Crippen LogP contribution is 2.47. The van der Waals surface area contributed by atoms with Crippen molar-refractivity contribution >= 4 is 38.7 Å². The van der Waals surface area contributed by atoms with E-state index in [0.29, 0.717) is 29.8 Å². The number of hydroxylamine groups is 1. The predicted molar refractivity (Wildman–Crippen MR) is 117 cm³/mol. The molecule has 2 aromatic rings. The van der Waals surface area contributed by atoms with Crippen LogP contribution >= 0.6 is 11.3 Å². The summed E-state index contributed by atoms with van der Waals surface area (Å²) in [7, 11) is -3.60. The molecule has 3 rings (SSSR count). The Labute approximate surface area is 184 Å². The van der Waals surface area contributed by atoms with E-state index in [0.717, 1.165) is 10.4 Å². The van der Waals surface area contributed by atoms with Crippen molar-refractivity contribution in [3.63, 3.8) is 0 Å². The van der Waals surface area contributed by atoms with Crippen molar-refractivity contribution in [2.24, 2.45) is 5.73 Å². The molecular weight excluding hydrogens is 442 g/mol. The SMILES string of the molecule is N[C@@H](CO)C(=O)Nc1cccc(-c2ccc([C@@]3(CC(=O)NO)CCCCS3(=O)=O)s2)c1. The molecule has 0 unspecified atom stereocenters. The molecule has 9 nitrogen and oxygen atoms in total. The number of hydrogen-bond acceptors (Lipinski definition) is 8. The standard InChI is InChI=1S/C20H25N3O6S2/c21-15(12-24)19(26)22-14-5-3-4-13(10-14)16-6-7-17(30-16)20(11-18(25)23-27)8-1-2-9-31(20,28)29/h3-7,10,15,24,27H,1-2,8-9,11-12,21H2,(H,22,26)(H,23,25)/t15-,20-/m0/s1. The molecular formula is C20H25N3O6S2. The summed E-state index contributed by atoms with van der Waals surface area (Å²) in [4.78, 5) is 25.2. The number of aliphatic hydroxyl groups is 1. The Kier molecular flexibility index (Phi) is 7.12. The van der Waals surface area contributed by atoms with Gasteiger partial charge in [-0.3, -0.25) is 14.8 Å². The fraction of sp³-hybridized carbons (Fsp3) is 0.400. The van der Waals surface area contributed by atoms with E-state index in [2.05, 4.69) is 5.32 Å². The maximum atomic E-state index is 13.0. The Bertz CT molecular complexity index is 1070. The molecule has 6 N–H and O–H groups in total. The van der Waals surface area contributed by atoms with E-state index in [1.807, 2.05) is 6.07 Å². The van der Waals surface area contributed by atoms with Gasteiger partial charge in [-0.1, -0.05) is 18.6 Å². The second-order valence-electron chi connectivity index (χ2n) is 7.51. The van der Waals surface area contributed by atoms with Crippen molar-refractivity contribution < 1.29 is 28.3 Å². The van der Waals surface area contributed by atoms with Gasteiger partial charge in [0.05, 0.1) is 18.8 Å². The Hall–Kier alpha value is -2.31. The maximum absolute atomic E-state index is 13.0. The van der Waals surface area contributed by atoms with Crippen LogP contribution in [0.4, 0.5) is 5.69 Å². The molecule has 1 aromatic carbocycles. The average Bonchev–Trinajstić information content (AvgIpc) is 3.25. The van der Waals surface area contributed by atoms with Crippen LogP contribution < -0.4 is 16.5 Å². The third-order valence-electron chi connectivity index (χ3n) is 5.41. The molecule has 1 fully saturated rings. The van der Waals surface area contributed by atoms with E-state index in [-0.39, 0.29) is 12.2 Å². The van der Waals surface area contributed by atoms with Gasteiger partial charge in [0.15, 0.2) is 9.84 Å². The summed E-state index contributed by atoms with van der Waals surface area (Å²) in [5, 5.41) is 20.6. The number of benzene rings is 1. The van der Waals surface area contributed by atoms with Crippen LogP contribution in [0.1, 0.15) is 30.6 Å². The van der Waals surface area contributed by atoms with Crippen LogP contribution in [-0.4, -0.2) is 48.9 Å². The monoisotopic (exact) mass is 467 g/mol. The van der Waals surface area contributed by atoms with E-state index in [4.69, 9.17) is 16.0 Å². The number of rotatable bonds is 7. The second-order valence-corrected chi connectivity index (χ2v) is 11.0. The highest BCUT2D eigenvalue weighted by Gasteiger charge is 2.49. The van der Waals surface area contributed by atoms with Crippen LogP contribution in [-0.2, 0) is 24.2 Å². The van der Waals surface area contributed by atoms with E-state index < -0.39 is 39.0 Å². The molecule has 2 atom stereocenters.